The molecule has 1 saturated heterocycles. The molecule has 2 heterocycles. The Kier molecular flexibility index (Phi) is 4.36. The highest BCUT2D eigenvalue weighted by Crippen LogP contribution is 2.25. The number of nitrogens with zero attached hydrogens (tertiary/aromatic N) is 2. The lowest BCUT2D eigenvalue weighted by Gasteiger charge is -2.25. The number of hydrogen-bond acceptors (Lipinski definition) is 3. The second-order valence-electron chi connectivity index (χ2n) is 4.14. The largest absolute Gasteiger partial charge is 0.370 e. The van der Waals surface area contributed by atoms with Crippen molar-refractivity contribution in [1.82, 2.24) is 4.98 Å². The fourth-order valence-corrected chi connectivity index (χ4v) is 3.02. The Morgan fingerprint density at radius 1 is 1.50 bits per heavy atom. The molecule has 1 aliphatic heterocycles. The van der Waals surface area contributed by atoms with Gasteiger partial charge in [0.1, 0.15) is 5.15 Å². The standard InChI is InChI=1S/C12H17ClN2S/c1-16-11-4-2-3-7-15(9-11)10-5-6-14-12(13)8-10/h5-6,8,11H,2-4,7,9H2,1H3. The minimum atomic E-state index is 0.586. The second-order valence-corrected chi connectivity index (χ2v) is 5.66. The molecular formula is C12H17ClN2S. The van der Waals surface area contributed by atoms with Gasteiger partial charge in [0, 0.05) is 30.2 Å². The van der Waals surface area contributed by atoms with Crippen LogP contribution in [0.2, 0.25) is 5.15 Å². The average Bonchev–Trinajstić information content (AvgIpc) is 2.54. The minimum Gasteiger partial charge on any atom is -0.370 e. The molecule has 2 rings (SSSR count). The molecule has 0 spiro atoms. The van der Waals surface area contributed by atoms with E-state index in [-0.39, 0.29) is 0 Å². The van der Waals surface area contributed by atoms with E-state index in [1.165, 1.54) is 24.9 Å². The van der Waals surface area contributed by atoms with Crippen LogP contribution in [-0.4, -0.2) is 29.6 Å². The van der Waals surface area contributed by atoms with Gasteiger partial charge >= 0.3 is 0 Å². The maximum absolute atomic E-state index is 5.93. The number of pyridine rings is 1. The molecule has 1 aliphatic rings. The van der Waals surface area contributed by atoms with Gasteiger partial charge in [-0.2, -0.15) is 11.8 Å². The smallest absolute Gasteiger partial charge is 0.131 e. The summed E-state index contributed by atoms with van der Waals surface area (Å²) in [6.45, 7) is 2.26. The monoisotopic (exact) mass is 256 g/mol. The number of anilines is 1. The summed E-state index contributed by atoms with van der Waals surface area (Å²) in [5, 5.41) is 1.33. The molecule has 4 heteroatoms. The molecule has 0 radical (unpaired) electrons. The van der Waals surface area contributed by atoms with E-state index in [0.29, 0.717) is 5.15 Å². The van der Waals surface area contributed by atoms with Crippen molar-refractivity contribution in [2.45, 2.75) is 24.5 Å². The molecular weight excluding hydrogens is 240 g/mol. The van der Waals surface area contributed by atoms with Gasteiger partial charge in [-0.15, -0.1) is 0 Å². The summed E-state index contributed by atoms with van der Waals surface area (Å²) in [5.41, 5.74) is 1.21. The molecule has 1 aromatic heterocycles. The summed E-state index contributed by atoms with van der Waals surface area (Å²) in [6, 6.07) is 4.01. The number of aromatic nitrogens is 1. The van der Waals surface area contributed by atoms with Crippen molar-refractivity contribution < 1.29 is 0 Å². The molecule has 0 saturated carbocycles. The molecule has 0 amide bonds. The molecule has 1 aromatic rings. The van der Waals surface area contributed by atoms with Crippen LogP contribution in [0, 0.1) is 0 Å². The summed E-state index contributed by atoms with van der Waals surface area (Å²) in [4.78, 5) is 6.46. The number of thioether (sulfide) groups is 1. The predicted octanol–water partition coefficient (Wildman–Crippen LogP) is 3.46. The van der Waals surface area contributed by atoms with Crippen molar-refractivity contribution in [3.63, 3.8) is 0 Å². The lowest BCUT2D eigenvalue weighted by molar-refractivity contribution is 0.736. The average molecular weight is 257 g/mol. The van der Waals surface area contributed by atoms with Crippen LogP contribution in [-0.2, 0) is 0 Å². The lowest BCUT2D eigenvalue weighted by atomic mass is 10.2. The maximum atomic E-state index is 5.93. The molecule has 0 aliphatic carbocycles. The molecule has 16 heavy (non-hydrogen) atoms. The Labute approximate surface area is 106 Å². The van der Waals surface area contributed by atoms with E-state index >= 15 is 0 Å². The zero-order chi connectivity index (χ0) is 11.4. The normalized spacial score (nSPS) is 21.9. The van der Waals surface area contributed by atoms with Gasteiger partial charge in [-0.25, -0.2) is 4.98 Å². The van der Waals surface area contributed by atoms with Gasteiger partial charge in [0.15, 0.2) is 0 Å². The van der Waals surface area contributed by atoms with Gasteiger partial charge in [-0.3, -0.25) is 0 Å². The molecule has 88 valence electrons. The fraction of sp³-hybridized carbons (Fsp3) is 0.583. The van der Waals surface area contributed by atoms with Crippen molar-refractivity contribution in [3.8, 4) is 0 Å². The minimum absolute atomic E-state index is 0.586. The van der Waals surface area contributed by atoms with Crippen LogP contribution in [0.3, 0.4) is 0 Å². The SMILES string of the molecule is CSC1CCCCN(c2ccnc(Cl)c2)C1. The third-order valence-electron chi connectivity index (χ3n) is 3.04. The summed E-state index contributed by atoms with van der Waals surface area (Å²) < 4.78 is 0. The summed E-state index contributed by atoms with van der Waals surface area (Å²) >= 11 is 7.90. The van der Waals surface area contributed by atoms with E-state index < -0.39 is 0 Å². The highest BCUT2D eigenvalue weighted by atomic mass is 35.5. The van der Waals surface area contributed by atoms with Crippen molar-refractivity contribution >= 4 is 29.1 Å². The van der Waals surface area contributed by atoms with Crippen LogP contribution in [0.5, 0.6) is 0 Å². The van der Waals surface area contributed by atoms with Crippen molar-refractivity contribution in [2.75, 3.05) is 24.2 Å². The highest BCUT2D eigenvalue weighted by Gasteiger charge is 2.17. The van der Waals surface area contributed by atoms with Gasteiger partial charge in [0.25, 0.3) is 0 Å². The Bertz CT molecular complexity index is 346. The van der Waals surface area contributed by atoms with Crippen molar-refractivity contribution in [1.29, 1.82) is 0 Å². The maximum Gasteiger partial charge on any atom is 0.131 e. The Hall–Kier alpha value is -0.410. The second kappa shape index (κ2) is 5.78. The van der Waals surface area contributed by atoms with Gasteiger partial charge in [-0.05, 0) is 31.2 Å². The summed E-state index contributed by atoms with van der Waals surface area (Å²) in [6.07, 6.45) is 7.93. The zero-order valence-corrected chi connectivity index (χ0v) is 11.1. The van der Waals surface area contributed by atoms with E-state index in [0.717, 1.165) is 18.3 Å². The Balaban J connectivity index is 2.12. The van der Waals surface area contributed by atoms with Crippen LogP contribution in [0.4, 0.5) is 5.69 Å². The van der Waals surface area contributed by atoms with Crippen LogP contribution >= 0.6 is 23.4 Å². The number of halogens is 1. The quantitative estimate of drug-likeness (QED) is 0.754. The third-order valence-corrected chi connectivity index (χ3v) is 4.29. The summed E-state index contributed by atoms with van der Waals surface area (Å²) in [5.74, 6) is 0. The molecule has 0 bridgehead atoms. The van der Waals surface area contributed by atoms with Gasteiger partial charge in [0.2, 0.25) is 0 Å². The number of rotatable bonds is 2. The zero-order valence-electron chi connectivity index (χ0n) is 9.53. The van der Waals surface area contributed by atoms with Crippen LogP contribution in [0.1, 0.15) is 19.3 Å². The fourth-order valence-electron chi connectivity index (χ4n) is 2.12. The van der Waals surface area contributed by atoms with Crippen LogP contribution in [0.15, 0.2) is 18.3 Å². The lowest BCUT2D eigenvalue weighted by Crippen LogP contribution is -2.29. The molecule has 1 atom stereocenters. The first-order valence-electron chi connectivity index (χ1n) is 5.69. The van der Waals surface area contributed by atoms with Crippen molar-refractivity contribution in [3.05, 3.63) is 23.5 Å². The molecule has 2 nitrogen and oxygen atoms in total. The van der Waals surface area contributed by atoms with E-state index in [4.69, 9.17) is 11.6 Å². The Morgan fingerprint density at radius 3 is 3.12 bits per heavy atom. The first-order chi connectivity index (χ1) is 7.79. The van der Waals surface area contributed by atoms with Crippen LogP contribution < -0.4 is 4.90 Å². The Morgan fingerprint density at radius 2 is 2.38 bits per heavy atom. The van der Waals surface area contributed by atoms with Gasteiger partial charge in [-0.1, -0.05) is 18.0 Å². The van der Waals surface area contributed by atoms with E-state index in [9.17, 15) is 0 Å². The van der Waals surface area contributed by atoms with E-state index in [2.05, 4.69) is 22.2 Å². The van der Waals surface area contributed by atoms with E-state index in [1.807, 2.05) is 17.8 Å². The van der Waals surface area contributed by atoms with Gasteiger partial charge in [0.05, 0.1) is 0 Å². The predicted molar refractivity (Wildman–Crippen MR) is 72.6 cm³/mol. The first-order valence-corrected chi connectivity index (χ1v) is 7.35. The first kappa shape index (κ1) is 12.1. The van der Waals surface area contributed by atoms with Crippen molar-refractivity contribution in [2.24, 2.45) is 0 Å². The third kappa shape index (κ3) is 3.05. The topological polar surface area (TPSA) is 16.1 Å². The molecule has 1 fully saturated rings. The number of hydrogen-bond donors (Lipinski definition) is 0. The highest BCUT2D eigenvalue weighted by molar-refractivity contribution is 7.99. The van der Waals surface area contributed by atoms with Crippen LogP contribution in [0.25, 0.3) is 0 Å². The van der Waals surface area contributed by atoms with Gasteiger partial charge < -0.3 is 4.90 Å². The summed E-state index contributed by atoms with van der Waals surface area (Å²) in [7, 11) is 0. The molecule has 0 N–H and O–H groups in total. The molecule has 1 unspecified atom stereocenters. The molecule has 0 aromatic carbocycles. The van der Waals surface area contributed by atoms with E-state index in [1.54, 1.807) is 6.20 Å².